The van der Waals surface area contributed by atoms with Gasteiger partial charge in [-0.05, 0) is 68.5 Å². The van der Waals surface area contributed by atoms with Gasteiger partial charge in [0, 0.05) is 31.1 Å². The highest BCUT2D eigenvalue weighted by molar-refractivity contribution is 7.92. The fourth-order valence-electron chi connectivity index (χ4n) is 4.12. The molecule has 9 heteroatoms. The van der Waals surface area contributed by atoms with E-state index in [1.807, 2.05) is 64.1 Å². The topological polar surface area (TPSA) is 86.8 Å². The minimum Gasteiger partial charge on any atom is -0.355 e. The molecule has 0 unspecified atom stereocenters. The first kappa shape index (κ1) is 28.7. The Morgan fingerprint density at radius 2 is 1.69 bits per heavy atom. The molecule has 0 fully saturated rings. The number of nitrogens with zero attached hydrogens (tertiary/aromatic N) is 2. The zero-order valence-electron chi connectivity index (χ0n) is 21.2. The Morgan fingerprint density at radius 1 is 1.06 bits per heavy atom. The van der Waals surface area contributed by atoms with Crippen LogP contribution in [0.3, 0.4) is 0 Å². The lowest BCUT2D eigenvalue weighted by molar-refractivity contribution is -0.141. The molecule has 192 valence electrons. The van der Waals surface area contributed by atoms with Crippen LogP contribution in [0.2, 0.25) is 5.02 Å². The molecule has 0 saturated heterocycles. The van der Waals surface area contributed by atoms with Gasteiger partial charge in [-0.1, -0.05) is 42.8 Å². The van der Waals surface area contributed by atoms with Gasteiger partial charge in [-0.25, -0.2) is 8.42 Å². The first-order valence-corrected chi connectivity index (χ1v) is 14.1. The first-order chi connectivity index (χ1) is 16.5. The maximum absolute atomic E-state index is 13.4. The maximum Gasteiger partial charge on any atom is 0.242 e. The van der Waals surface area contributed by atoms with Crippen molar-refractivity contribution >= 4 is 39.1 Å². The lowest BCUT2D eigenvalue weighted by atomic mass is 10.1. The molecular formula is C26H36ClN3O4S. The molecule has 2 aromatic rings. The number of amides is 2. The molecule has 0 spiro atoms. The van der Waals surface area contributed by atoms with Gasteiger partial charge in [0.15, 0.2) is 0 Å². The van der Waals surface area contributed by atoms with Gasteiger partial charge in [-0.15, -0.1) is 0 Å². The van der Waals surface area contributed by atoms with Crippen molar-refractivity contribution in [1.29, 1.82) is 0 Å². The van der Waals surface area contributed by atoms with Gasteiger partial charge >= 0.3 is 0 Å². The van der Waals surface area contributed by atoms with Crippen molar-refractivity contribution in [3.05, 3.63) is 64.2 Å². The van der Waals surface area contributed by atoms with E-state index >= 15 is 0 Å². The summed E-state index contributed by atoms with van der Waals surface area (Å²) in [5.74, 6) is -0.444. The Kier molecular flexibility index (Phi) is 10.6. The second kappa shape index (κ2) is 12.9. The van der Waals surface area contributed by atoms with E-state index in [2.05, 4.69) is 5.32 Å². The molecule has 0 radical (unpaired) electrons. The highest BCUT2D eigenvalue weighted by atomic mass is 35.5. The molecule has 2 rings (SSSR count). The number of carbonyl (C=O) groups is 2. The number of anilines is 1. The molecule has 0 bridgehead atoms. The fourth-order valence-corrected chi connectivity index (χ4v) is 5.26. The van der Waals surface area contributed by atoms with Crippen LogP contribution in [0.15, 0.2) is 42.5 Å². The predicted molar refractivity (Wildman–Crippen MR) is 142 cm³/mol. The normalized spacial score (nSPS) is 12.2. The van der Waals surface area contributed by atoms with Crippen LogP contribution in [0.1, 0.15) is 49.8 Å². The van der Waals surface area contributed by atoms with Crippen molar-refractivity contribution in [1.82, 2.24) is 10.2 Å². The van der Waals surface area contributed by atoms with E-state index in [-0.39, 0.29) is 31.3 Å². The van der Waals surface area contributed by atoms with Crippen molar-refractivity contribution in [3.63, 3.8) is 0 Å². The lowest BCUT2D eigenvalue weighted by Gasteiger charge is -2.31. The average Bonchev–Trinajstić information content (AvgIpc) is 2.76. The Balaban J connectivity index is 2.24. The molecule has 1 N–H and O–H groups in total. The summed E-state index contributed by atoms with van der Waals surface area (Å²) in [6.45, 7) is 8.34. The van der Waals surface area contributed by atoms with Crippen molar-refractivity contribution in [2.45, 2.75) is 59.5 Å². The van der Waals surface area contributed by atoms with Crippen LogP contribution >= 0.6 is 11.6 Å². The molecule has 0 aliphatic rings. The van der Waals surface area contributed by atoms with Crippen LogP contribution in [0, 0.1) is 13.8 Å². The third kappa shape index (κ3) is 8.25. The number of likely N-dealkylation sites (N-methyl/N-ethyl adjacent to an activating group) is 1. The first-order valence-electron chi connectivity index (χ1n) is 11.8. The average molecular weight is 522 g/mol. The van der Waals surface area contributed by atoms with Crippen LogP contribution in [-0.4, -0.2) is 50.5 Å². The summed E-state index contributed by atoms with van der Waals surface area (Å²) >= 11 is 6.34. The Labute approximate surface area is 214 Å². The van der Waals surface area contributed by atoms with Crippen molar-refractivity contribution in [2.75, 3.05) is 23.7 Å². The lowest BCUT2D eigenvalue weighted by Crippen LogP contribution is -2.49. The van der Waals surface area contributed by atoms with E-state index < -0.39 is 16.1 Å². The molecule has 0 aliphatic heterocycles. The molecule has 0 aromatic heterocycles. The summed E-state index contributed by atoms with van der Waals surface area (Å²) in [7, 11) is -3.54. The number of hydrogen-bond donors (Lipinski definition) is 1. The van der Waals surface area contributed by atoms with Gasteiger partial charge in [0.25, 0.3) is 0 Å². The monoisotopic (exact) mass is 521 g/mol. The quantitative estimate of drug-likeness (QED) is 0.447. The van der Waals surface area contributed by atoms with E-state index in [1.54, 1.807) is 11.0 Å². The third-order valence-electron chi connectivity index (χ3n) is 5.68. The number of rotatable bonds is 12. The second-order valence-electron chi connectivity index (χ2n) is 8.72. The van der Waals surface area contributed by atoms with E-state index in [0.29, 0.717) is 30.1 Å². The largest absolute Gasteiger partial charge is 0.355 e. The van der Waals surface area contributed by atoms with Gasteiger partial charge in [0.1, 0.15) is 6.04 Å². The van der Waals surface area contributed by atoms with Gasteiger partial charge in [-0.3, -0.25) is 13.9 Å². The van der Waals surface area contributed by atoms with Crippen molar-refractivity contribution in [3.8, 4) is 0 Å². The molecule has 1 atom stereocenters. The van der Waals surface area contributed by atoms with Crippen molar-refractivity contribution in [2.24, 2.45) is 0 Å². The highest BCUT2D eigenvalue weighted by Crippen LogP contribution is 2.23. The number of nitrogens with one attached hydrogen (secondary N) is 1. The minimum atomic E-state index is -3.54. The molecule has 0 heterocycles. The molecule has 0 aliphatic carbocycles. The summed E-state index contributed by atoms with van der Waals surface area (Å²) in [5, 5.41) is 3.33. The number of benzene rings is 2. The summed E-state index contributed by atoms with van der Waals surface area (Å²) in [4.78, 5) is 27.7. The van der Waals surface area contributed by atoms with Crippen LogP contribution in [0.5, 0.6) is 0 Å². The van der Waals surface area contributed by atoms with Gasteiger partial charge in [-0.2, -0.15) is 0 Å². The second-order valence-corrected chi connectivity index (χ2v) is 11.0. The molecule has 0 saturated carbocycles. The maximum atomic E-state index is 13.4. The minimum absolute atomic E-state index is 0.0944. The Hall–Kier alpha value is -2.58. The number of aryl methyl sites for hydroxylation is 2. The van der Waals surface area contributed by atoms with Gasteiger partial charge < -0.3 is 10.2 Å². The number of carbonyl (C=O) groups excluding carboxylic acids is 2. The van der Waals surface area contributed by atoms with Crippen LogP contribution in [-0.2, 0) is 26.2 Å². The number of hydrogen-bond acceptors (Lipinski definition) is 4. The third-order valence-corrected chi connectivity index (χ3v) is 7.24. The van der Waals surface area contributed by atoms with Gasteiger partial charge in [0.2, 0.25) is 21.8 Å². The highest BCUT2D eigenvalue weighted by Gasteiger charge is 2.29. The van der Waals surface area contributed by atoms with Gasteiger partial charge in [0.05, 0.1) is 11.9 Å². The van der Waals surface area contributed by atoms with Crippen LogP contribution in [0.4, 0.5) is 5.69 Å². The fraction of sp³-hybridized carbons (Fsp3) is 0.462. The zero-order chi connectivity index (χ0) is 26.2. The number of halogens is 1. The Bertz CT molecular complexity index is 1120. The van der Waals surface area contributed by atoms with E-state index in [0.717, 1.165) is 16.7 Å². The molecule has 7 nitrogen and oxygen atoms in total. The van der Waals surface area contributed by atoms with E-state index in [4.69, 9.17) is 11.6 Å². The smallest absolute Gasteiger partial charge is 0.242 e. The van der Waals surface area contributed by atoms with Crippen LogP contribution < -0.4 is 9.62 Å². The zero-order valence-corrected chi connectivity index (χ0v) is 22.7. The van der Waals surface area contributed by atoms with Crippen molar-refractivity contribution < 1.29 is 18.0 Å². The predicted octanol–water partition coefficient (Wildman–Crippen LogP) is 4.45. The van der Waals surface area contributed by atoms with E-state index in [9.17, 15) is 18.0 Å². The summed E-state index contributed by atoms with van der Waals surface area (Å²) in [6, 6.07) is 12.2. The molecule has 35 heavy (non-hydrogen) atoms. The number of sulfonamides is 1. The molecule has 2 aromatic carbocycles. The standard InChI is InChI=1S/C26H36ClN3O4S/c1-6-24(26(32)28-7-2)29(18-21-11-8-9-12-23(21)27)25(31)13-10-14-30(35(5,33)34)22-16-19(3)15-20(4)17-22/h8-9,11-12,15-17,24H,6-7,10,13-14,18H2,1-5H3,(H,28,32)/t24-/m1/s1. The SMILES string of the molecule is CCNC(=O)[C@@H](CC)N(Cc1ccccc1Cl)C(=O)CCCN(c1cc(C)cc(C)c1)S(C)(=O)=O. The summed E-state index contributed by atoms with van der Waals surface area (Å²) in [5.41, 5.74) is 3.25. The summed E-state index contributed by atoms with van der Waals surface area (Å²) in [6.07, 6.45) is 2.01. The molecule has 2 amide bonds. The van der Waals surface area contributed by atoms with Crippen LogP contribution in [0.25, 0.3) is 0 Å². The van der Waals surface area contributed by atoms with E-state index in [1.165, 1.54) is 10.6 Å². The Morgan fingerprint density at radius 3 is 2.23 bits per heavy atom. The molecular weight excluding hydrogens is 486 g/mol. The summed E-state index contributed by atoms with van der Waals surface area (Å²) < 4.78 is 26.4.